The van der Waals surface area contributed by atoms with Gasteiger partial charge in [-0.2, -0.15) is 4.39 Å². The first-order valence-electron chi connectivity index (χ1n) is 2.43. The molecule has 3 heteroatoms. The van der Waals surface area contributed by atoms with Crippen molar-refractivity contribution in [2.45, 2.75) is 13.3 Å². The van der Waals surface area contributed by atoms with Crippen molar-refractivity contribution in [3.63, 3.8) is 0 Å². The minimum absolute atomic E-state index is 0.344. The maximum absolute atomic E-state index is 11.6. The summed E-state index contributed by atoms with van der Waals surface area (Å²) in [5.74, 6) is -0.177. The Kier molecular flexibility index (Phi) is 3.79. The molecule has 0 amide bonds. The smallest absolute Gasteiger partial charge is 0.261 e. The van der Waals surface area contributed by atoms with Gasteiger partial charge < -0.3 is 0 Å². The van der Waals surface area contributed by atoms with Crippen LogP contribution in [-0.4, -0.2) is 11.9 Å². The Balaban J connectivity index is 3.32. The molecule has 0 fully saturated rings. The van der Waals surface area contributed by atoms with Gasteiger partial charge in [-0.3, -0.25) is 4.79 Å². The Hall–Kier alpha value is -0.110. The molecule has 0 saturated carbocycles. The van der Waals surface area contributed by atoms with Crippen LogP contribution in [0.25, 0.3) is 0 Å². The van der Waals surface area contributed by atoms with Gasteiger partial charge in [-0.25, -0.2) is 0 Å². The minimum Gasteiger partial charge on any atom is -0.261 e. The van der Waals surface area contributed by atoms with Crippen LogP contribution in [0.4, 0.5) is 4.39 Å². The van der Waals surface area contributed by atoms with E-state index in [9.17, 15) is 9.18 Å². The van der Waals surface area contributed by atoms with E-state index < -0.39 is 12.0 Å². The quantitative estimate of drug-likeness (QED) is 0.429. The van der Waals surface area contributed by atoms with Gasteiger partial charge in [-0.1, -0.05) is 6.92 Å². The first-order valence-corrected chi connectivity index (χ1v) is 2.97. The zero-order valence-electron chi connectivity index (χ0n) is 4.66. The summed E-state index contributed by atoms with van der Waals surface area (Å²) in [6, 6.07) is -1.27. The Morgan fingerprint density at radius 3 is 2.50 bits per heavy atom. The molecule has 0 N–H and O–H groups in total. The Morgan fingerprint density at radius 2 is 2.38 bits per heavy atom. The maximum atomic E-state index is 11.6. The lowest BCUT2D eigenvalue weighted by Crippen LogP contribution is -2.04. The molecule has 0 aromatic heterocycles. The van der Waals surface area contributed by atoms with Gasteiger partial charge in [0.2, 0.25) is 0 Å². The van der Waals surface area contributed by atoms with E-state index in [-0.39, 0.29) is 0 Å². The third-order valence-electron chi connectivity index (χ3n) is 0.930. The average Bonchev–Trinajstić information content (AvgIpc) is 1.67. The SMILES string of the molecule is CC(CCCl)C(=O)F. The van der Waals surface area contributed by atoms with Crippen molar-refractivity contribution in [1.29, 1.82) is 0 Å². The third-order valence-corrected chi connectivity index (χ3v) is 1.15. The van der Waals surface area contributed by atoms with Gasteiger partial charge in [-0.05, 0) is 6.42 Å². The first kappa shape index (κ1) is 7.89. The second kappa shape index (κ2) is 3.84. The maximum Gasteiger partial charge on any atom is 0.304 e. The molecule has 0 aliphatic carbocycles. The number of carbonyl (C=O) groups is 1. The molecule has 1 atom stereocenters. The summed E-state index contributed by atoms with van der Waals surface area (Å²) in [5, 5.41) is 0. The van der Waals surface area contributed by atoms with Crippen LogP contribution < -0.4 is 0 Å². The van der Waals surface area contributed by atoms with Crippen molar-refractivity contribution >= 4 is 17.6 Å². The molecule has 1 nitrogen and oxygen atoms in total. The van der Waals surface area contributed by atoms with Crippen LogP contribution in [0.2, 0.25) is 0 Å². The number of rotatable bonds is 3. The van der Waals surface area contributed by atoms with Crippen LogP contribution in [0.5, 0.6) is 0 Å². The van der Waals surface area contributed by atoms with Crippen molar-refractivity contribution in [2.75, 3.05) is 5.88 Å². The van der Waals surface area contributed by atoms with Gasteiger partial charge in [0.05, 0.1) is 0 Å². The number of hydrogen-bond donors (Lipinski definition) is 0. The van der Waals surface area contributed by atoms with Crippen molar-refractivity contribution in [3.05, 3.63) is 0 Å². The van der Waals surface area contributed by atoms with E-state index in [0.717, 1.165) is 0 Å². The Labute approximate surface area is 52.8 Å². The third kappa shape index (κ3) is 2.97. The van der Waals surface area contributed by atoms with Crippen LogP contribution in [0.1, 0.15) is 13.3 Å². The van der Waals surface area contributed by atoms with E-state index in [1.54, 1.807) is 0 Å². The second-order valence-electron chi connectivity index (χ2n) is 1.68. The molecular formula is C5H8ClFO. The van der Waals surface area contributed by atoms with E-state index in [2.05, 4.69) is 0 Å². The van der Waals surface area contributed by atoms with Gasteiger partial charge in [0.25, 0.3) is 0 Å². The highest BCUT2D eigenvalue weighted by Gasteiger charge is 2.09. The molecule has 0 aromatic rings. The summed E-state index contributed by atoms with van der Waals surface area (Å²) >= 11 is 5.22. The summed E-state index contributed by atoms with van der Waals surface area (Å²) in [6.07, 6.45) is 0.427. The first-order chi connectivity index (χ1) is 3.68. The van der Waals surface area contributed by atoms with Crippen molar-refractivity contribution in [2.24, 2.45) is 5.92 Å². The molecule has 0 aliphatic heterocycles. The zero-order valence-corrected chi connectivity index (χ0v) is 5.41. The minimum atomic E-state index is -1.27. The fraction of sp³-hybridized carbons (Fsp3) is 0.800. The summed E-state index contributed by atoms with van der Waals surface area (Å²) in [7, 11) is 0. The van der Waals surface area contributed by atoms with E-state index in [4.69, 9.17) is 11.6 Å². The second-order valence-corrected chi connectivity index (χ2v) is 2.06. The molecule has 0 heterocycles. The molecule has 48 valence electrons. The fourth-order valence-electron chi connectivity index (χ4n) is 0.277. The van der Waals surface area contributed by atoms with E-state index >= 15 is 0 Å². The van der Waals surface area contributed by atoms with E-state index in [1.165, 1.54) is 6.92 Å². The fourth-order valence-corrected chi connectivity index (χ4v) is 0.604. The van der Waals surface area contributed by atoms with Crippen molar-refractivity contribution in [1.82, 2.24) is 0 Å². The molecule has 0 bridgehead atoms. The normalized spacial score (nSPS) is 13.4. The zero-order chi connectivity index (χ0) is 6.57. The molecule has 8 heavy (non-hydrogen) atoms. The van der Waals surface area contributed by atoms with Gasteiger partial charge in [0.1, 0.15) is 0 Å². The van der Waals surface area contributed by atoms with Crippen LogP contribution in [-0.2, 0) is 4.79 Å². The summed E-state index contributed by atoms with van der Waals surface area (Å²) in [4.78, 5) is 9.81. The molecular weight excluding hydrogens is 131 g/mol. The topological polar surface area (TPSA) is 17.1 Å². The van der Waals surface area contributed by atoms with Gasteiger partial charge in [0.15, 0.2) is 0 Å². The standard InChI is InChI=1S/C5H8ClFO/c1-4(2-3-6)5(7)8/h4H,2-3H2,1H3. The largest absolute Gasteiger partial charge is 0.304 e. The molecule has 0 aliphatic rings. The van der Waals surface area contributed by atoms with Crippen LogP contribution in [0, 0.1) is 5.92 Å². The predicted octanol–water partition coefficient (Wildman–Crippen LogP) is 1.75. The molecule has 0 saturated heterocycles. The Bertz CT molecular complexity index is 84.5. The highest BCUT2D eigenvalue weighted by atomic mass is 35.5. The van der Waals surface area contributed by atoms with Gasteiger partial charge in [-0.15, -0.1) is 11.6 Å². The lowest BCUT2D eigenvalue weighted by Gasteiger charge is -1.97. The van der Waals surface area contributed by atoms with Crippen LogP contribution >= 0.6 is 11.6 Å². The monoisotopic (exact) mass is 138 g/mol. The lowest BCUT2D eigenvalue weighted by molar-refractivity contribution is -0.133. The molecule has 1 unspecified atom stereocenters. The van der Waals surface area contributed by atoms with Crippen molar-refractivity contribution < 1.29 is 9.18 Å². The van der Waals surface area contributed by atoms with E-state index in [0.29, 0.717) is 12.3 Å². The van der Waals surface area contributed by atoms with E-state index in [1.807, 2.05) is 0 Å². The van der Waals surface area contributed by atoms with Gasteiger partial charge >= 0.3 is 6.04 Å². The average molecular weight is 139 g/mol. The molecule has 0 radical (unpaired) electrons. The summed E-state index contributed by atoms with van der Waals surface area (Å²) in [5.41, 5.74) is 0. The molecule has 0 spiro atoms. The Morgan fingerprint density at radius 1 is 1.88 bits per heavy atom. The van der Waals surface area contributed by atoms with Crippen LogP contribution in [0.15, 0.2) is 0 Å². The summed E-state index contributed by atoms with van der Waals surface area (Å²) < 4.78 is 11.6. The predicted molar refractivity (Wildman–Crippen MR) is 30.6 cm³/mol. The highest BCUT2D eigenvalue weighted by molar-refractivity contribution is 6.17. The lowest BCUT2D eigenvalue weighted by atomic mass is 10.1. The van der Waals surface area contributed by atoms with Crippen molar-refractivity contribution in [3.8, 4) is 0 Å². The van der Waals surface area contributed by atoms with Gasteiger partial charge in [0, 0.05) is 11.8 Å². The molecule has 0 rings (SSSR count). The van der Waals surface area contributed by atoms with Crippen LogP contribution in [0.3, 0.4) is 0 Å². The highest BCUT2D eigenvalue weighted by Crippen LogP contribution is 2.04. The number of alkyl halides is 1. The molecule has 0 aromatic carbocycles. The number of hydrogen-bond acceptors (Lipinski definition) is 1. The number of halogens is 2. The number of carbonyl (C=O) groups excluding carboxylic acids is 1. The summed E-state index contributed by atoms with van der Waals surface area (Å²) in [6.45, 7) is 1.52.